The van der Waals surface area contributed by atoms with Crippen molar-refractivity contribution < 1.29 is 9.63 Å². The van der Waals surface area contributed by atoms with Crippen LogP contribution < -0.4 is 5.48 Å². The number of hydrogen-bond acceptors (Lipinski definition) is 3. The van der Waals surface area contributed by atoms with Crippen molar-refractivity contribution in [3.63, 3.8) is 0 Å². The SMILES string of the molecule is CNOC(=O)c1c(I)cc(I)cc1I. The monoisotopic (exact) mass is 529 g/mol. The molecule has 0 aliphatic rings. The third-order valence-corrected chi connectivity index (χ3v) is 3.73. The van der Waals surface area contributed by atoms with Gasteiger partial charge in [0.15, 0.2) is 0 Å². The Morgan fingerprint density at radius 1 is 1.29 bits per heavy atom. The Morgan fingerprint density at radius 3 is 2.21 bits per heavy atom. The van der Waals surface area contributed by atoms with Gasteiger partial charge in [0, 0.05) is 17.8 Å². The highest BCUT2D eigenvalue weighted by Crippen LogP contribution is 2.23. The fourth-order valence-corrected chi connectivity index (χ4v) is 4.90. The second-order valence-corrected chi connectivity index (χ2v) is 5.91. The normalized spacial score (nSPS) is 10.0. The van der Waals surface area contributed by atoms with Crippen molar-refractivity contribution in [1.29, 1.82) is 0 Å². The van der Waals surface area contributed by atoms with Crippen molar-refractivity contribution in [2.24, 2.45) is 0 Å². The van der Waals surface area contributed by atoms with Crippen LogP contribution in [0.2, 0.25) is 0 Å². The van der Waals surface area contributed by atoms with Crippen LogP contribution in [0.15, 0.2) is 12.1 Å². The summed E-state index contributed by atoms with van der Waals surface area (Å²) in [7, 11) is 1.56. The molecule has 0 spiro atoms. The zero-order valence-electron chi connectivity index (χ0n) is 7.11. The van der Waals surface area contributed by atoms with Crippen LogP contribution in [-0.4, -0.2) is 13.0 Å². The van der Waals surface area contributed by atoms with Gasteiger partial charge in [-0.2, -0.15) is 5.48 Å². The van der Waals surface area contributed by atoms with Gasteiger partial charge in [-0.25, -0.2) is 4.79 Å². The Morgan fingerprint density at radius 2 is 1.79 bits per heavy atom. The van der Waals surface area contributed by atoms with Crippen LogP contribution in [0.3, 0.4) is 0 Å². The van der Waals surface area contributed by atoms with Gasteiger partial charge in [-0.3, -0.25) is 0 Å². The Bertz CT molecular complexity index is 345. The van der Waals surface area contributed by atoms with Gasteiger partial charge in [-0.1, -0.05) is 0 Å². The molecule has 0 radical (unpaired) electrons. The summed E-state index contributed by atoms with van der Waals surface area (Å²) >= 11 is 6.47. The molecule has 0 unspecified atom stereocenters. The van der Waals surface area contributed by atoms with Crippen LogP contribution >= 0.6 is 67.8 Å². The minimum absolute atomic E-state index is 0.349. The van der Waals surface area contributed by atoms with E-state index in [1.165, 1.54) is 0 Å². The zero-order valence-corrected chi connectivity index (χ0v) is 13.6. The molecule has 76 valence electrons. The fraction of sp³-hybridized carbons (Fsp3) is 0.125. The third-order valence-electron chi connectivity index (χ3n) is 1.41. The number of halogens is 3. The number of hydrogen-bond donors (Lipinski definition) is 1. The first kappa shape index (κ1) is 12.9. The summed E-state index contributed by atoms with van der Waals surface area (Å²) in [6.45, 7) is 0. The average molecular weight is 529 g/mol. The Kier molecular flexibility index (Phi) is 5.34. The van der Waals surface area contributed by atoms with E-state index in [1.54, 1.807) is 7.05 Å². The highest BCUT2D eigenvalue weighted by Gasteiger charge is 2.16. The molecule has 0 atom stereocenters. The maximum absolute atomic E-state index is 11.5. The maximum atomic E-state index is 11.5. The fourth-order valence-electron chi connectivity index (χ4n) is 0.881. The molecular weight excluding hydrogens is 523 g/mol. The van der Waals surface area contributed by atoms with Crippen molar-refractivity contribution >= 4 is 73.7 Å². The van der Waals surface area contributed by atoms with Crippen molar-refractivity contribution in [2.45, 2.75) is 0 Å². The Balaban J connectivity index is 3.14. The first-order valence-corrected chi connectivity index (χ1v) is 6.82. The summed E-state index contributed by atoms with van der Waals surface area (Å²) in [4.78, 5) is 16.2. The van der Waals surface area contributed by atoms with E-state index in [0.29, 0.717) is 5.56 Å². The first-order chi connectivity index (χ1) is 6.56. The van der Waals surface area contributed by atoms with Gasteiger partial charge in [0.25, 0.3) is 0 Å². The quantitative estimate of drug-likeness (QED) is 0.474. The molecule has 0 fully saturated rings. The van der Waals surface area contributed by atoms with E-state index >= 15 is 0 Å². The van der Waals surface area contributed by atoms with Gasteiger partial charge in [0.1, 0.15) is 0 Å². The minimum atomic E-state index is -0.349. The molecule has 0 aliphatic carbocycles. The van der Waals surface area contributed by atoms with Gasteiger partial charge in [0.2, 0.25) is 0 Å². The summed E-state index contributed by atoms with van der Waals surface area (Å²) in [5.41, 5.74) is 2.99. The molecule has 3 nitrogen and oxygen atoms in total. The lowest BCUT2D eigenvalue weighted by atomic mass is 10.2. The summed E-state index contributed by atoms with van der Waals surface area (Å²) in [6, 6.07) is 3.88. The molecule has 14 heavy (non-hydrogen) atoms. The summed E-state index contributed by atoms with van der Waals surface area (Å²) in [6.07, 6.45) is 0. The molecule has 1 N–H and O–H groups in total. The number of rotatable bonds is 2. The highest BCUT2D eigenvalue weighted by molar-refractivity contribution is 14.1. The molecule has 0 saturated carbocycles. The van der Waals surface area contributed by atoms with Crippen LogP contribution in [0.4, 0.5) is 0 Å². The predicted octanol–water partition coefficient (Wildman–Crippen LogP) is 2.79. The lowest BCUT2D eigenvalue weighted by Gasteiger charge is -2.06. The molecule has 6 heteroatoms. The third kappa shape index (κ3) is 3.17. The number of nitrogens with one attached hydrogen (secondary N) is 1. The van der Waals surface area contributed by atoms with E-state index < -0.39 is 0 Å². The topological polar surface area (TPSA) is 38.3 Å². The van der Waals surface area contributed by atoms with Crippen LogP contribution in [-0.2, 0) is 4.84 Å². The molecular formula is C8H6I3NO2. The van der Waals surface area contributed by atoms with Crippen LogP contribution in [0.1, 0.15) is 10.4 Å². The second kappa shape index (κ2) is 5.80. The number of benzene rings is 1. The van der Waals surface area contributed by atoms with Crippen LogP contribution in [0, 0.1) is 10.7 Å². The van der Waals surface area contributed by atoms with Gasteiger partial charge >= 0.3 is 5.97 Å². The minimum Gasteiger partial charge on any atom is -0.367 e. The molecule has 0 saturated heterocycles. The number of carbonyl (C=O) groups is 1. The van der Waals surface area contributed by atoms with Crippen molar-refractivity contribution in [3.8, 4) is 0 Å². The maximum Gasteiger partial charge on any atom is 0.358 e. The molecule has 0 aromatic heterocycles. The van der Waals surface area contributed by atoms with Crippen molar-refractivity contribution in [3.05, 3.63) is 28.4 Å². The van der Waals surface area contributed by atoms with E-state index in [2.05, 4.69) is 73.3 Å². The summed E-state index contributed by atoms with van der Waals surface area (Å²) < 4.78 is 2.91. The van der Waals surface area contributed by atoms with E-state index in [1.807, 2.05) is 12.1 Å². The molecule has 1 rings (SSSR count). The molecule has 0 heterocycles. The highest BCUT2D eigenvalue weighted by atomic mass is 127. The second-order valence-electron chi connectivity index (χ2n) is 2.34. The average Bonchev–Trinajstić information content (AvgIpc) is 2.01. The standard InChI is InChI=1S/C8H6I3NO2/c1-12-14-8(13)7-5(10)2-4(9)3-6(7)11/h2-3,12H,1H3. The van der Waals surface area contributed by atoms with E-state index in [0.717, 1.165) is 10.7 Å². The number of carbonyl (C=O) groups excluding carboxylic acids is 1. The van der Waals surface area contributed by atoms with Crippen molar-refractivity contribution in [1.82, 2.24) is 5.48 Å². The molecule has 1 aromatic rings. The van der Waals surface area contributed by atoms with Crippen LogP contribution in [0.25, 0.3) is 0 Å². The summed E-state index contributed by atoms with van der Waals surface area (Å²) in [5, 5.41) is 0. The van der Waals surface area contributed by atoms with E-state index in [-0.39, 0.29) is 5.97 Å². The summed E-state index contributed by atoms with van der Waals surface area (Å²) in [5.74, 6) is -0.349. The first-order valence-electron chi connectivity index (χ1n) is 3.58. The largest absolute Gasteiger partial charge is 0.367 e. The van der Waals surface area contributed by atoms with E-state index in [9.17, 15) is 4.79 Å². The predicted molar refractivity (Wildman–Crippen MR) is 79.1 cm³/mol. The Hall–Kier alpha value is 0.840. The lowest BCUT2D eigenvalue weighted by Crippen LogP contribution is -2.17. The zero-order chi connectivity index (χ0) is 10.7. The molecule has 0 aliphatic heterocycles. The lowest BCUT2D eigenvalue weighted by molar-refractivity contribution is 0.0307. The molecule has 1 aromatic carbocycles. The number of hydroxylamine groups is 1. The smallest absolute Gasteiger partial charge is 0.358 e. The molecule has 0 bridgehead atoms. The van der Waals surface area contributed by atoms with E-state index in [4.69, 9.17) is 4.84 Å². The van der Waals surface area contributed by atoms with Crippen LogP contribution in [0.5, 0.6) is 0 Å². The molecule has 0 amide bonds. The Labute approximate surface area is 123 Å². The van der Waals surface area contributed by atoms with Gasteiger partial charge in [0.05, 0.1) is 5.56 Å². The van der Waals surface area contributed by atoms with Crippen molar-refractivity contribution in [2.75, 3.05) is 7.05 Å². The van der Waals surface area contributed by atoms with Gasteiger partial charge < -0.3 is 4.84 Å². The van der Waals surface area contributed by atoms with Gasteiger partial charge in [-0.05, 0) is 79.9 Å². The van der Waals surface area contributed by atoms with Gasteiger partial charge in [-0.15, -0.1) is 0 Å².